The summed E-state index contributed by atoms with van der Waals surface area (Å²) in [7, 11) is 0. The van der Waals surface area contributed by atoms with Gasteiger partial charge < -0.3 is 4.42 Å². The third kappa shape index (κ3) is 1.25. The molecule has 0 unspecified atom stereocenters. The van der Waals surface area contributed by atoms with Gasteiger partial charge in [-0.3, -0.25) is 0 Å². The first-order valence-electron chi connectivity index (χ1n) is 3.37. The summed E-state index contributed by atoms with van der Waals surface area (Å²) in [6, 6.07) is 3.69. The Balaban J connectivity index is 2.55. The summed E-state index contributed by atoms with van der Waals surface area (Å²) in [5.74, 6) is 0.766. The summed E-state index contributed by atoms with van der Waals surface area (Å²) < 4.78 is 5.93. The Morgan fingerprint density at radius 3 is 3.00 bits per heavy atom. The van der Waals surface area contributed by atoms with E-state index in [9.17, 15) is 0 Å². The molecule has 0 aliphatic carbocycles. The van der Waals surface area contributed by atoms with Gasteiger partial charge in [0.15, 0.2) is 0 Å². The highest BCUT2D eigenvalue weighted by Crippen LogP contribution is 2.24. The molecule has 12 heavy (non-hydrogen) atoms. The van der Waals surface area contributed by atoms with E-state index >= 15 is 0 Å². The van der Waals surface area contributed by atoms with Gasteiger partial charge in [-0.05, 0) is 28.1 Å². The quantitative estimate of drug-likeness (QED) is 0.700. The lowest BCUT2D eigenvalue weighted by molar-refractivity contribution is 0.581. The summed E-state index contributed by atoms with van der Waals surface area (Å²) in [4.78, 5) is 7.88. The molecule has 2 aromatic rings. The molecule has 3 nitrogen and oxygen atoms in total. The molecule has 0 N–H and O–H groups in total. The molecule has 4 heteroatoms. The van der Waals surface area contributed by atoms with Crippen molar-refractivity contribution in [3.05, 3.63) is 35.5 Å². The van der Waals surface area contributed by atoms with Crippen LogP contribution in [0.25, 0.3) is 11.3 Å². The Labute approximate surface area is 77.6 Å². The molecule has 0 atom stereocenters. The minimum absolute atomic E-state index is 0.743. The summed E-state index contributed by atoms with van der Waals surface area (Å²) >= 11 is 3.31. The van der Waals surface area contributed by atoms with E-state index in [0.29, 0.717) is 0 Å². The molecular formula is C8H5BrN2O. The predicted octanol–water partition coefficient (Wildman–Crippen LogP) is 2.50. The lowest BCUT2D eigenvalue weighted by atomic mass is 10.3. The standard InChI is InChI=1S/C8H5BrN2O/c9-8-6(4-10-5-11-8)7-2-1-3-12-7/h1-5H. The van der Waals surface area contributed by atoms with Gasteiger partial charge in [0.1, 0.15) is 16.7 Å². The molecule has 0 aliphatic heterocycles. The van der Waals surface area contributed by atoms with Gasteiger partial charge in [-0.1, -0.05) is 0 Å². The highest BCUT2D eigenvalue weighted by molar-refractivity contribution is 9.10. The van der Waals surface area contributed by atoms with Crippen molar-refractivity contribution in [1.29, 1.82) is 0 Å². The van der Waals surface area contributed by atoms with Crippen LogP contribution >= 0.6 is 15.9 Å². The van der Waals surface area contributed by atoms with Crippen LogP contribution in [-0.4, -0.2) is 9.97 Å². The van der Waals surface area contributed by atoms with Crippen LogP contribution in [0.2, 0.25) is 0 Å². The Morgan fingerprint density at radius 2 is 2.33 bits per heavy atom. The zero-order valence-corrected chi connectivity index (χ0v) is 7.65. The fraction of sp³-hybridized carbons (Fsp3) is 0. The van der Waals surface area contributed by atoms with Crippen molar-refractivity contribution < 1.29 is 4.42 Å². The largest absolute Gasteiger partial charge is 0.464 e. The van der Waals surface area contributed by atoms with Crippen LogP contribution in [0, 0.1) is 0 Å². The third-order valence-corrected chi connectivity index (χ3v) is 2.08. The molecule has 0 saturated heterocycles. The second-order valence-electron chi connectivity index (χ2n) is 2.20. The lowest BCUT2D eigenvalue weighted by Gasteiger charge is -1.96. The average Bonchev–Trinajstić information content (AvgIpc) is 2.57. The number of aromatic nitrogens is 2. The number of nitrogens with zero attached hydrogens (tertiary/aromatic N) is 2. The topological polar surface area (TPSA) is 38.9 Å². The van der Waals surface area contributed by atoms with Gasteiger partial charge in [-0.15, -0.1) is 0 Å². The zero-order valence-electron chi connectivity index (χ0n) is 6.07. The normalized spacial score (nSPS) is 10.1. The average molecular weight is 225 g/mol. The number of halogens is 1. The van der Waals surface area contributed by atoms with Crippen molar-refractivity contribution in [2.24, 2.45) is 0 Å². The van der Waals surface area contributed by atoms with Crippen LogP contribution in [0.5, 0.6) is 0 Å². The number of furan rings is 1. The van der Waals surface area contributed by atoms with Crippen LogP contribution in [0.15, 0.2) is 39.9 Å². The maximum absolute atomic E-state index is 5.19. The van der Waals surface area contributed by atoms with Gasteiger partial charge in [-0.2, -0.15) is 0 Å². The van der Waals surface area contributed by atoms with Crippen molar-refractivity contribution in [3.63, 3.8) is 0 Å². The van der Waals surface area contributed by atoms with E-state index in [0.717, 1.165) is 15.9 Å². The SMILES string of the molecule is Brc1ncncc1-c1ccco1. The minimum Gasteiger partial charge on any atom is -0.464 e. The number of rotatable bonds is 1. The Kier molecular flexibility index (Phi) is 1.91. The first-order chi connectivity index (χ1) is 5.88. The predicted molar refractivity (Wildman–Crippen MR) is 47.4 cm³/mol. The molecule has 2 rings (SSSR count). The van der Waals surface area contributed by atoms with Gasteiger partial charge in [-0.25, -0.2) is 9.97 Å². The first-order valence-corrected chi connectivity index (χ1v) is 4.16. The molecule has 0 amide bonds. The molecule has 0 aromatic carbocycles. The number of hydrogen-bond donors (Lipinski definition) is 0. The van der Waals surface area contributed by atoms with Crippen LogP contribution in [0.3, 0.4) is 0 Å². The van der Waals surface area contributed by atoms with E-state index < -0.39 is 0 Å². The molecule has 0 fully saturated rings. The molecule has 0 bridgehead atoms. The Morgan fingerprint density at radius 1 is 1.42 bits per heavy atom. The van der Waals surface area contributed by atoms with Crippen molar-refractivity contribution in [1.82, 2.24) is 9.97 Å². The Bertz CT molecular complexity index is 372. The highest BCUT2D eigenvalue weighted by atomic mass is 79.9. The Hall–Kier alpha value is -1.16. The van der Waals surface area contributed by atoms with Gasteiger partial charge in [0.25, 0.3) is 0 Å². The lowest BCUT2D eigenvalue weighted by Crippen LogP contribution is -1.82. The van der Waals surface area contributed by atoms with Crippen LogP contribution < -0.4 is 0 Å². The van der Waals surface area contributed by atoms with Crippen molar-refractivity contribution >= 4 is 15.9 Å². The molecule has 2 aromatic heterocycles. The monoisotopic (exact) mass is 224 g/mol. The summed E-state index contributed by atoms with van der Waals surface area (Å²) in [6.45, 7) is 0. The van der Waals surface area contributed by atoms with E-state index in [2.05, 4.69) is 25.9 Å². The second-order valence-corrected chi connectivity index (χ2v) is 2.96. The van der Waals surface area contributed by atoms with E-state index in [1.54, 1.807) is 12.5 Å². The molecule has 60 valence electrons. The van der Waals surface area contributed by atoms with E-state index in [1.165, 1.54) is 6.33 Å². The van der Waals surface area contributed by atoms with Crippen molar-refractivity contribution in [2.75, 3.05) is 0 Å². The van der Waals surface area contributed by atoms with Gasteiger partial charge in [0.05, 0.1) is 11.8 Å². The number of hydrogen-bond acceptors (Lipinski definition) is 3. The molecule has 0 spiro atoms. The van der Waals surface area contributed by atoms with E-state index in [-0.39, 0.29) is 0 Å². The maximum Gasteiger partial charge on any atom is 0.138 e. The summed E-state index contributed by atoms with van der Waals surface area (Å²) in [5, 5.41) is 0. The summed E-state index contributed by atoms with van der Waals surface area (Å²) in [6.07, 6.45) is 4.81. The second kappa shape index (κ2) is 3.06. The molecule has 0 radical (unpaired) electrons. The van der Waals surface area contributed by atoms with Crippen molar-refractivity contribution in [3.8, 4) is 11.3 Å². The highest BCUT2D eigenvalue weighted by Gasteiger charge is 2.05. The van der Waals surface area contributed by atoms with Crippen LogP contribution in [0.1, 0.15) is 0 Å². The fourth-order valence-corrected chi connectivity index (χ4v) is 1.30. The fourth-order valence-electron chi connectivity index (χ4n) is 0.912. The minimum atomic E-state index is 0.743. The van der Waals surface area contributed by atoms with E-state index in [1.807, 2.05) is 12.1 Å². The zero-order chi connectivity index (χ0) is 8.39. The van der Waals surface area contributed by atoms with Gasteiger partial charge in [0.2, 0.25) is 0 Å². The summed E-state index contributed by atoms with van der Waals surface area (Å²) in [5.41, 5.74) is 0.863. The van der Waals surface area contributed by atoms with Gasteiger partial charge in [0, 0.05) is 6.20 Å². The molecule has 2 heterocycles. The van der Waals surface area contributed by atoms with E-state index in [4.69, 9.17) is 4.42 Å². The molecular weight excluding hydrogens is 220 g/mol. The molecule has 0 aliphatic rings. The van der Waals surface area contributed by atoms with Crippen molar-refractivity contribution in [2.45, 2.75) is 0 Å². The molecule has 0 saturated carbocycles. The first kappa shape index (κ1) is 7.49. The van der Waals surface area contributed by atoms with Crippen LogP contribution in [0.4, 0.5) is 0 Å². The third-order valence-electron chi connectivity index (χ3n) is 1.45. The van der Waals surface area contributed by atoms with Gasteiger partial charge >= 0.3 is 0 Å². The smallest absolute Gasteiger partial charge is 0.138 e. The van der Waals surface area contributed by atoms with Crippen LogP contribution in [-0.2, 0) is 0 Å². The maximum atomic E-state index is 5.19.